The largest absolute Gasteiger partial charge is 0.481 e. The quantitative estimate of drug-likeness (QED) is 0.676. The molecule has 0 aliphatic carbocycles. The first-order valence-electron chi connectivity index (χ1n) is 5.50. The number of aromatic nitrogens is 2. The van der Waals surface area contributed by atoms with Crippen molar-refractivity contribution >= 4 is 12.0 Å². The van der Waals surface area contributed by atoms with Gasteiger partial charge in [0.25, 0.3) is 0 Å². The Bertz CT molecular complexity index is 391. The van der Waals surface area contributed by atoms with Crippen molar-refractivity contribution in [3.8, 4) is 0 Å². The van der Waals surface area contributed by atoms with Gasteiger partial charge < -0.3 is 20.3 Å². The first kappa shape index (κ1) is 13.9. The highest BCUT2D eigenvalue weighted by atomic mass is 16.5. The van der Waals surface area contributed by atoms with Gasteiger partial charge in [-0.05, 0) is 5.92 Å². The predicted octanol–water partition coefficient (Wildman–Crippen LogP) is 0.368. The number of carboxylic acid groups (broad SMARTS) is 1. The Kier molecular flexibility index (Phi) is 5.09. The molecule has 0 spiro atoms. The lowest BCUT2D eigenvalue weighted by Gasteiger charge is -2.20. The number of hydrogen-bond acceptors (Lipinski definition) is 5. The monoisotopic (exact) mass is 256 g/mol. The number of aliphatic carboxylic acids is 1. The molecule has 0 saturated heterocycles. The second kappa shape index (κ2) is 6.58. The highest BCUT2D eigenvalue weighted by Gasteiger charge is 2.19. The van der Waals surface area contributed by atoms with Crippen molar-refractivity contribution in [3.63, 3.8) is 0 Å². The van der Waals surface area contributed by atoms with Crippen LogP contribution in [0.4, 0.5) is 4.79 Å². The Morgan fingerprint density at radius 3 is 2.72 bits per heavy atom. The lowest BCUT2D eigenvalue weighted by molar-refractivity contribution is -0.137. The molecule has 8 heteroatoms. The number of nitrogens with zero attached hydrogens (tertiary/aromatic N) is 2. The zero-order valence-electron chi connectivity index (χ0n) is 10.2. The maximum atomic E-state index is 11.5. The van der Waals surface area contributed by atoms with Crippen molar-refractivity contribution in [2.75, 3.05) is 0 Å². The van der Waals surface area contributed by atoms with Gasteiger partial charge in [-0.2, -0.15) is 4.98 Å². The summed E-state index contributed by atoms with van der Waals surface area (Å²) in [5.74, 6) is -0.575. The Morgan fingerprint density at radius 1 is 1.50 bits per heavy atom. The number of hydrogen-bond donors (Lipinski definition) is 3. The van der Waals surface area contributed by atoms with Crippen molar-refractivity contribution in [2.24, 2.45) is 5.92 Å². The van der Waals surface area contributed by atoms with Crippen LogP contribution in [0.1, 0.15) is 26.1 Å². The number of rotatable bonds is 6. The number of carboxylic acids is 1. The van der Waals surface area contributed by atoms with Gasteiger partial charge in [0.15, 0.2) is 5.82 Å². The number of carbonyl (C=O) groups excluding carboxylic acids is 1. The molecule has 1 aromatic rings. The smallest absolute Gasteiger partial charge is 0.315 e. The van der Waals surface area contributed by atoms with E-state index in [4.69, 9.17) is 5.11 Å². The second-order valence-electron chi connectivity index (χ2n) is 4.12. The number of urea groups is 1. The van der Waals surface area contributed by atoms with E-state index in [1.807, 2.05) is 13.8 Å². The van der Waals surface area contributed by atoms with Crippen molar-refractivity contribution in [1.82, 2.24) is 20.8 Å². The fourth-order valence-corrected chi connectivity index (χ4v) is 1.29. The van der Waals surface area contributed by atoms with Gasteiger partial charge in [-0.15, -0.1) is 0 Å². The summed E-state index contributed by atoms with van der Waals surface area (Å²) >= 11 is 0. The summed E-state index contributed by atoms with van der Waals surface area (Å²) in [5, 5.41) is 17.4. The lowest BCUT2D eigenvalue weighted by Crippen LogP contribution is -2.45. The summed E-state index contributed by atoms with van der Waals surface area (Å²) in [6, 6.07) is -0.882. The zero-order chi connectivity index (χ0) is 13.5. The third kappa shape index (κ3) is 4.81. The van der Waals surface area contributed by atoms with E-state index in [0.717, 1.165) is 6.39 Å². The van der Waals surface area contributed by atoms with Gasteiger partial charge in [0, 0.05) is 6.04 Å². The molecule has 100 valence electrons. The minimum atomic E-state index is -0.952. The lowest BCUT2D eigenvalue weighted by atomic mass is 10.0. The third-order valence-corrected chi connectivity index (χ3v) is 2.33. The minimum Gasteiger partial charge on any atom is -0.481 e. The van der Waals surface area contributed by atoms with Gasteiger partial charge in [-0.3, -0.25) is 4.79 Å². The average Bonchev–Trinajstić information content (AvgIpc) is 2.77. The molecule has 18 heavy (non-hydrogen) atoms. The Labute approximate surface area is 104 Å². The Balaban J connectivity index is 2.38. The Hall–Kier alpha value is -2.12. The summed E-state index contributed by atoms with van der Waals surface area (Å²) in [5.41, 5.74) is 0. The second-order valence-corrected chi connectivity index (χ2v) is 4.12. The van der Waals surface area contributed by atoms with E-state index < -0.39 is 18.0 Å². The first-order chi connectivity index (χ1) is 8.49. The van der Waals surface area contributed by atoms with E-state index in [0.29, 0.717) is 5.82 Å². The summed E-state index contributed by atoms with van der Waals surface area (Å²) in [7, 11) is 0. The molecule has 0 radical (unpaired) electrons. The van der Waals surface area contributed by atoms with Gasteiger partial charge in [0.2, 0.25) is 6.39 Å². The Morgan fingerprint density at radius 2 is 2.22 bits per heavy atom. The molecule has 1 aromatic heterocycles. The van der Waals surface area contributed by atoms with Gasteiger partial charge in [-0.1, -0.05) is 19.0 Å². The highest BCUT2D eigenvalue weighted by molar-refractivity contribution is 5.75. The average molecular weight is 256 g/mol. The van der Waals surface area contributed by atoms with Gasteiger partial charge in [0.05, 0.1) is 13.0 Å². The van der Waals surface area contributed by atoms with E-state index in [1.54, 1.807) is 0 Å². The first-order valence-corrected chi connectivity index (χ1v) is 5.50. The summed E-state index contributed by atoms with van der Waals surface area (Å²) in [4.78, 5) is 25.9. The van der Waals surface area contributed by atoms with Crippen molar-refractivity contribution < 1.29 is 19.2 Å². The molecular weight excluding hydrogens is 240 g/mol. The molecule has 0 aromatic carbocycles. The fourth-order valence-electron chi connectivity index (χ4n) is 1.29. The minimum absolute atomic E-state index is 0.0250. The molecule has 1 heterocycles. The third-order valence-electron chi connectivity index (χ3n) is 2.33. The highest BCUT2D eigenvalue weighted by Crippen LogP contribution is 2.05. The molecule has 2 amide bonds. The van der Waals surface area contributed by atoms with Crippen LogP contribution >= 0.6 is 0 Å². The number of carbonyl (C=O) groups is 2. The summed E-state index contributed by atoms with van der Waals surface area (Å²) < 4.78 is 4.51. The van der Waals surface area contributed by atoms with E-state index in [1.165, 1.54) is 0 Å². The van der Waals surface area contributed by atoms with Gasteiger partial charge >= 0.3 is 12.0 Å². The van der Waals surface area contributed by atoms with Crippen LogP contribution in [0.25, 0.3) is 0 Å². The van der Waals surface area contributed by atoms with E-state index in [-0.39, 0.29) is 18.9 Å². The number of nitrogens with one attached hydrogen (secondary N) is 2. The molecule has 0 bridgehead atoms. The molecule has 0 saturated carbocycles. The van der Waals surface area contributed by atoms with Crippen LogP contribution in [-0.4, -0.2) is 33.3 Å². The standard InChI is InChI=1S/C10H16N4O4/c1-6(2)7(3-9(15)16)13-10(17)11-4-8-12-5-18-14-8/h5-7H,3-4H2,1-2H3,(H,15,16)(H2,11,13,17). The van der Waals surface area contributed by atoms with Crippen LogP contribution in [0.3, 0.4) is 0 Å². The predicted molar refractivity (Wildman–Crippen MR) is 60.5 cm³/mol. The van der Waals surface area contributed by atoms with Crippen molar-refractivity contribution in [2.45, 2.75) is 32.9 Å². The summed E-state index contributed by atoms with van der Waals surface area (Å²) in [6.07, 6.45) is 1.05. The normalized spacial score (nSPS) is 12.2. The molecule has 1 atom stereocenters. The van der Waals surface area contributed by atoms with Gasteiger partial charge in [-0.25, -0.2) is 4.79 Å². The van der Waals surface area contributed by atoms with Gasteiger partial charge in [0.1, 0.15) is 0 Å². The molecule has 0 aliphatic heterocycles. The molecule has 1 rings (SSSR count). The fraction of sp³-hybridized carbons (Fsp3) is 0.600. The topological polar surface area (TPSA) is 117 Å². The van der Waals surface area contributed by atoms with Crippen molar-refractivity contribution in [3.05, 3.63) is 12.2 Å². The molecule has 8 nitrogen and oxygen atoms in total. The maximum Gasteiger partial charge on any atom is 0.315 e. The van der Waals surface area contributed by atoms with Crippen LogP contribution in [0.2, 0.25) is 0 Å². The molecule has 0 aliphatic rings. The van der Waals surface area contributed by atoms with E-state index in [2.05, 4.69) is 25.3 Å². The van der Waals surface area contributed by atoms with Crippen LogP contribution in [0.15, 0.2) is 10.9 Å². The van der Waals surface area contributed by atoms with E-state index >= 15 is 0 Å². The molecule has 1 unspecified atom stereocenters. The molecule has 0 fully saturated rings. The van der Waals surface area contributed by atoms with Crippen LogP contribution in [0.5, 0.6) is 0 Å². The maximum absolute atomic E-state index is 11.5. The van der Waals surface area contributed by atoms with Crippen LogP contribution in [0, 0.1) is 5.92 Å². The van der Waals surface area contributed by atoms with E-state index in [9.17, 15) is 9.59 Å². The van der Waals surface area contributed by atoms with Crippen LogP contribution in [-0.2, 0) is 11.3 Å². The molecular formula is C10H16N4O4. The van der Waals surface area contributed by atoms with Crippen molar-refractivity contribution in [1.29, 1.82) is 0 Å². The zero-order valence-corrected chi connectivity index (χ0v) is 10.2. The van der Waals surface area contributed by atoms with Crippen LogP contribution < -0.4 is 10.6 Å². The SMILES string of the molecule is CC(C)C(CC(=O)O)NC(=O)NCc1ncon1. The number of amides is 2. The summed E-state index contributed by atoms with van der Waals surface area (Å²) in [6.45, 7) is 3.81. The molecule has 3 N–H and O–H groups in total.